The first-order chi connectivity index (χ1) is 28.7. The van der Waals surface area contributed by atoms with Gasteiger partial charge in [0.25, 0.3) is 11.8 Å². The number of unbranched alkanes of at least 4 members (excludes halogenated alkanes) is 18. The smallest absolute Gasteiger partial charge is 0.335 e. The third-order valence-electron chi connectivity index (χ3n) is 10.9. The highest BCUT2D eigenvalue weighted by Gasteiger charge is 2.15. The van der Waals surface area contributed by atoms with E-state index in [1.807, 2.05) is 44.2 Å². The number of carboxylic acids is 1. The lowest BCUT2D eigenvalue weighted by Crippen LogP contribution is -2.36. The molecule has 3 aromatic carbocycles. The summed E-state index contributed by atoms with van der Waals surface area (Å²) in [6.07, 6.45) is 25.7. The molecule has 0 saturated carbocycles. The molecule has 59 heavy (non-hydrogen) atoms. The van der Waals surface area contributed by atoms with Crippen LogP contribution in [-0.4, -0.2) is 61.4 Å². The molecule has 3 aromatic rings. The Bertz CT molecular complexity index is 1500. The summed E-state index contributed by atoms with van der Waals surface area (Å²) in [5.41, 5.74) is 4.21. The SMILES string of the molecule is CCCCCCCCCCCCOC[C@@H](C)NC(=O)c1ccc(-c2cc(C(=O)O)cc(-c3ccc(C(=O)N[C@H](C)COCCCCCCCCCCCC)cc3)c2)cc1. The number of hydrogen-bond acceptors (Lipinski definition) is 5. The number of carbonyl (C=O) groups excluding carboxylic acids is 2. The number of aromatic carboxylic acids is 1. The first kappa shape index (κ1) is 49.4. The van der Waals surface area contributed by atoms with E-state index in [4.69, 9.17) is 9.47 Å². The van der Waals surface area contributed by atoms with Crippen LogP contribution < -0.4 is 10.6 Å². The van der Waals surface area contributed by atoms with Gasteiger partial charge in [-0.3, -0.25) is 9.59 Å². The first-order valence-corrected chi connectivity index (χ1v) is 23.1. The van der Waals surface area contributed by atoms with Gasteiger partial charge in [-0.05, 0) is 91.4 Å². The molecule has 0 bridgehead atoms. The van der Waals surface area contributed by atoms with E-state index in [-0.39, 0.29) is 29.5 Å². The highest BCUT2D eigenvalue weighted by Crippen LogP contribution is 2.29. The van der Waals surface area contributed by atoms with Crippen molar-refractivity contribution in [3.05, 3.63) is 83.4 Å². The maximum atomic E-state index is 13.0. The normalized spacial score (nSPS) is 12.3. The third kappa shape index (κ3) is 20.7. The lowest BCUT2D eigenvalue weighted by Gasteiger charge is -2.15. The van der Waals surface area contributed by atoms with Gasteiger partial charge in [0.05, 0.1) is 18.8 Å². The van der Waals surface area contributed by atoms with Gasteiger partial charge in [0.2, 0.25) is 0 Å². The summed E-state index contributed by atoms with van der Waals surface area (Å²) in [4.78, 5) is 38.1. The highest BCUT2D eigenvalue weighted by molar-refractivity contribution is 5.96. The van der Waals surface area contributed by atoms with Gasteiger partial charge >= 0.3 is 5.97 Å². The molecule has 0 aliphatic rings. The Balaban J connectivity index is 1.42. The zero-order chi connectivity index (χ0) is 42.5. The van der Waals surface area contributed by atoms with Crippen LogP contribution in [0.1, 0.15) is 187 Å². The Morgan fingerprint density at radius 2 is 0.780 bits per heavy atom. The first-order valence-electron chi connectivity index (χ1n) is 23.1. The number of hydrogen-bond donors (Lipinski definition) is 3. The summed E-state index contributed by atoms with van der Waals surface area (Å²) in [6.45, 7) is 10.7. The van der Waals surface area contributed by atoms with Crippen molar-refractivity contribution in [1.82, 2.24) is 10.6 Å². The second-order valence-electron chi connectivity index (χ2n) is 16.5. The topological polar surface area (TPSA) is 114 Å². The van der Waals surface area contributed by atoms with E-state index < -0.39 is 5.97 Å². The van der Waals surface area contributed by atoms with Crippen molar-refractivity contribution in [2.75, 3.05) is 26.4 Å². The van der Waals surface area contributed by atoms with Crippen molar-refractivity contribution in [2.45, 2.75) is 168 Å². The Labute approximate surface area is 356 Å². The van der Waals surface area contributed by atoms with Crippen molar-refractivity contribution in [3.63, 3.8) is 0 Å². The molecule has 8 heteroatoms. The zero-order valence-electron chi connectivity index (χ0n) is 37.0. The number of nitrogens with one attached hydrogen (secondary N) is 2. The van der Waals surface area contributed by atoms with Crippen LogP contribution in [0.15, 0.2) is 66.7 Å². The number of benzene rings is 3. The second kappa shape index (κ2) is 30.1. The second-order valence-corrected chi connectivity index (χ2v) is 16.5. The molecule has 0 unspecified atom stereocenters. The van der Waals surface area contributed by atoms with Crippen LogP contribution in [0.5, 0.6) is 0 Å². The van der Waals surface area contributed by atoms with E-state index in [9.17, 15) is 19.5 Å². The average molecular weight is 813 g/mol. The van der Waals surface area contributed by atoms with Crippen molar-refractivity contribution in [1.29, 1.82) is 0 Å². The van der Waals surface area contributed by atoms with E-state index in [1.165, 1.54) is 116 Å². The Morgan fingerprint density at radius 3 is 1.10 bits per heavy atom. The molecule has 0 aromatic heterocycles. The maximum absolute atomic E-state index is 13.0. The van der Waals surface area contributed by atoms with Crippen LogP contribution in [0.4, 0.5) is 0 Å². The van der Waals surface area contributed by atoms with Gasteiger partial charge in [-0.1, -0.05) is 154 Å². The lowest BCUT2D eigenvalue weighted by molar-refractivity contribution is 0.0696. The van der Waals surface area contributed by atoms with Crippen LogP contribution in [-0.2, 0) is 9.47 Å². The van der Waals surface area contributed by atoms with Gasteiger partial charge in [-0.2, -0.15) is 0 Å². The van der Waals surface area contributed by atoms with Crippen molar-refractivity contribution >= 4 is 17.8 Å². The van der Waals surface area contributed by atoms with E-state index in [0.29, 0.717) is 48.7 Å². The number of carbonyl (C=O) groups is 3. The van der Waals surface area contributed by atoms with E-state index >= 15 is 0 Å². The van der Waals surface area contributed by atoms with Gasteiger partial charge in [0.15, 0.2) is 0 Å². The number of ether oxygens (including phenoxy) is 2. The molecule has 2 atom stereocenters. The van der Waals surface area contributed by atoms with Gasteiger partial charge in [-0.15, -0.1) is 0 Å². The predicted molar refractivity (Wildman–Crippen MR) is 243 cm³/mol. The molecular formula is C51H76N2O6. The van der Waals surface area contributed by atoms with E-state index in [1.54, 1.807) is 36.4 Å². The van der Waals surface area contributed by atoms with Crippen LogP contribution in [0, 0.1) is 0 Å². The number of carboxylic acid groups (broad SMARTS) is 1. The minimum Gasteiger partial charge on any atom is -0.478 e. The minimum absolute atomic E-state index is 0.126. The zero-order valence-corrected chi connectivity index (χ0v) is 37.0. The van der Waals surface area contributed by atoms with Crippen LogP contribution in [0.25, 0.3) is 22.3 Å². The molecule has 0 aliphatic heterocycles. The highest BCUT2D eigenvalue weighted by atomic mass is 16.5. The van der Waals surface area contributed by atoms with Crippen molar-refractivity contribution < 1.29 is 29.0 Å². The van der Waals surface area contributed by atoms with Gasteiger partial charge in [0, 0.05) is 36.4 Å². The number of rotatable bonds is 33. The molecule has 3 rings (SSSR count). The van der Waals surface area contributed by atoms with Crippen LogP contribution >= 0.6 is 0 Å². The number of amides is 2. The minimum atomic E-state index is -1.03. The molecular weight excluding hydrogens is 737 g/mol. The standard InChI is InChI=1S/C51H76N2O6/c1-5-7-9-11-13-15-17-19-21-23-33-58-38-40(3)52-49(54)44-29-25-42(26-30-44)46-35-47(37-48(36-46)51(56)57)43-27-31-45(32-28-43)50(55)53-41(4)39-59-34-24-22-20-18-16-14-12-10-8-6-2/h25-32,35-37,40-41H,5-24,33-34,38-39H2,1-4H3,(H,52,54)(H,53,55)(H,56,57)/t40-,41-/m1/s1. The summed E-state index contributed by atoms with van der Waals surface area (Å²) in [5.74, 6) is -1.39. The molecule has 8 nitrogen and oxygen atoms in total. The van der Waals surface area contributed by atoms with Gasteiger partial charge in [0.1, 0.15) is 0 Å². The molecule has 0 fully saturated rings. The van der Waals surface area contributed by atoms with Gasteiger partial charge in [-0.25, -0.2) is 4.79 Å². The Kier molecular flexibility index (Phi) is 25.2. The fraction of sp³-hybridized carbons (Fsp3) is 0.588. The predicted octanol–water partition coefficient (Wildman–Crippen LogP) is 12.8. The third-order valence-corrected chi connectivity index (χ3v) is 10.9. The monoisotopic (exact) mass is 813 g/mol. The molecule has 0 aliphatic carbocycles. The summed E-state index contributed by atoms with van der Waals surface area (Å²) < 4.78 is 11.7. The summed E-state index contributed by atoms with van der Waals surface area (Å²) in [6, 6.07) is 19.3. The fourth-order valence-electron chi connectivity index (χ4n) is 7.31. The van der Waals surface area contributed by atoms with Crippen molar-refractivity contribution in [3.8, 4) is 22.3 Å². The summed E-state index contributed by atoms with van der Waals surface area (Å²) >= 11 is 0. The molecule has 2 amide bonds. The maximum Gasteiger partial charge on any atom is 0.335 e. The molecule has 0 spiro atoms. The van der Waals surface area contributed by atoms with Crippen LogP contribution in [0.3, 0.4) is 0 Å². The summed E-state index contributed by atoms with van der Waals surface area (Å²) in [5, 5.41) is 16.0. The van der Waals surface area contributed by atoms with E-state index in [0.717, 1.165) is 24.0 Å². The molecule has 326 valence electrons. The largest absolute Gasteiger partial charge is 0.478 e. The molecule has 0 radical (unpaired) electrons. The van der Waals surface area contributed by atoms with Crippen LogP contribution in [0.2, 0.25) is 0 Å². The lowest BCUT2D eigenvalue weighted by atomic mass is 9.95. The van der Waals surface area contributed by atoms with Gasteiger partial charge < -0.3 is 25.2 Å². The molecule has 0 heterocycles. The molecule has 3 N–H and O–H groups in total. The summed E-state index contributed by atoms with van der Waals surface area (Å²) in [7, 11) is 0. The average Bonchev–Trinajstić information content (AvgIpc) is 3.24. The molecule has 0 saturated heterocycles. The Morgan fingerprint density at radius 1 is 0.458 bits per heavy atom. The van der Waals surface area contributed by atoms with Crippen molar-refractivity contribution in [2.24, 2.45) is 0 Å². The van der Waals surface area contributed by atoms with E-state index in [2.05, 4.69) is 24.5 Å². The Hall–Kier alpha value is -4.01. The quantitative estimate of drug-likeness (QED) is 0.0528. The fourth-order valence-corrected chi connectivity index (χ4v) is 7.31.